The third kappa shape index (κ3) is 12.1. The van der Waals surface area contributed by atoms with Crippen LogP contribution < -0.4 is 4.74 Å². The molecule has 0 unspecified atom stereocenters. The predicted molar refractivity (Wildman–Crippen MR) is 279 cm³/mol. The van der Waals surface area contributed by atoms with E-state index >= 15 is 0 Å². The van der Waals surface area contributed by atoms with Gasteiger partial charge in [0.2, 0.25) is 11.0 Å². The largest absolute Gasteiger partial charge is 0.493 e. The van der Waals surface area contributed by atoms with Gasteiger partial charge in [0.1, 0.15) is 43.9 Å². The molecular weight excluding hydrogens is 1120 g/mol. The Morgan fingerprint density at radius 3 is 2.07 bits per heavy atom. The molecule has 8 aromatic rings. The van der Waals surface area contributed by atoms with Crippen molar-refractivity contribution in [2.45, 2.75) is 48.3 Å². The molecule has 24 nitrogen and oxygen atoms in total. The first-order valence-corrected chi connectivity index (χ1v) is 29.7. The number of hydrogen-bond acceptors (Lipinski definition) is 21. The molecule has 0 fully saturated rings. The lowest BCUT2D eigenvalue weighted by Gasteiger charge is -2.12. The van der Waals surface area contributed by atoms with Crippen molar-refractivity contribution in [2.24, 2.45) is 30.7 Å². The lowest BCUT2D eigenvalue weighted by atomic mass is 10.1. The molecule has 5 aromatic carbocycles. The van der Waals surface area contributed by atoms with E-state index in [-0.39, 0.29) is 97.2 Å². The zero-order chi connectivity index (χ0) is 54.4. The summed E-state index contributed by atoms with van der Waals surface area (Å²) in [5.41, 5.74) is 0.801. The van der Waals surface area contributed by atoms with Gasteiger partial charge in [0.25, 0.3) is 40.5 Å². The highest BCUT2D eigenvalue weighted by Crippen LogP contribution is 2.44. The average Bonchev–Trinajstić information content (AvgIpc) is 3.93. The minimum Gasteiger partial charge on any atom is -0.493 e. The van der Waals surface area contributed by atoms with Crippen LogP contribution in [0.2, 0.25) is 5.02 Å². The topological polar surface area (TPSA) is 375 Å². The van der Waals surface area contributed by atoms with Gasteiger partial charge in [0.05, 0.1) is 50.4 Å². The number of halogens is 1. The predicted octanol–water partition coefficient (Wildman–Crippen LogP) is 11.2. The number of nitriles is 1. The minimum atomic E-state index is -4.94. The summed E-state index contributed by atoms with van der Waals surface area (Å²) in [6, 6.07) is 18.8. The Balaban J connectivity index is 1.17. The number of azo groups is 3. The van der Waals surface area contributed by atoms with Crippen LogP contribution in [0.5, 0.6) is 11.6 Å². The van der Waals surface area contributed by atoms with E-state index < -0.39 is 67.6 Å². The Labute approximate surface area is 439 Å². The van der Waals surface area contributed by atoms with Crippen molar-refractivity contribution in [1.82, 2.24) is 14.4 Å². The molecule has 0 atom stereocenters. The van der Waals surface area contributed by atoms with Crippen LogP contribution in [0.15, 0.2) is 112 Å². The molecule has 0 radical (unpaired) electrons. The van der Waals surface area contributed by atoms with E-state index in [1.54, 1.807) is 50.2 Å². The highest BCUT2D eigenvalue weighted by atomic mass is 35.5. The number of benzene rings is 5. The lowest BCUT2D eigenvalue weighted by molar-refractivity contribution is 0.317. The smallest absolute Gasteiger partial charge is 0.298 e. The number of aromatic nitrogens is 3. The molecule has 5 N–H and O–H groups in total. The summed E-state index contributed by atoms with van der Waals surface area (Å²) in [4.78, 5) is 7.89. The molecule has 0 saturated carbocycles. The number of thioether (sulfide) groups is 1. The summed E-state index contributed by atoms with van der Waals surface area (Å²) >= 11 is 8.33. The van der Waals surface area contributed by atoms with Crippen LogP contribution in [0, 0.1) is 32.1 Å². The molecule has 0 amide bonds. The van der Waals surface area contributed by atoms with E-state index in [2.05, 4.69) is 40.7 Å². The first-order chi connectivity index (χ1) is 35.2. The van der Waals surface area contributed by atoms with E-state index in [9.17, 15) is 62.3 Å². The van der Waals surface area contributed by atoms with E-state index in [1.165, 1.54) is 43.0 Å². The van der Waals surface area contributed by atoms with E-state index in [0.717, 1.165) is 21.8 Å². The van der Waals surface area contributed by atoms with Gasteiger partial charge in [-0.15, -0.1) is 37.3 Å². The van der Waals surface area contributed by atoms with Crippen molar-refractivity contribution >= 4 is 146 Å². The highest BCUT2D eigenvalue weighted by molar-refractivity contribution is 7.99. The number of ether oxygens (including phenoxy) is 1. The van der Waals surface area contributed by atoms with Gasteiger partial charge in [-0.25, -0.2) is 9.97 Å². The molecule has 3 heterocycles. The number of fused-ring (bicyclic) bond motifs is 6. The van der Waals surface area contributed by atoms with Gasteiger partial charge >= 0.3 is 0 Å². The molecule has 0 bridgehead atoms. The van der Waals surface area contributed by atoms with Crippen molar-refractivity contribution in [3.63, 3.8) is 0 Å². The Morgan fingerprint density at radius 1 is 0.747 bits per heavy atom. The van der Waals surface area contributed by atoms with Gasteiger partial charge in [-0.05, 0) is 92.3 Å². The molecule has 0 spiro atoms. The lowest BCUT2D eigenvalue weighted by Crippen LogP contribution is -2.08. The van der Waals surface area contributed by atoms with Crippen molar-refractivity contribution in [1.29, 1.82) is 5.26 Å². The molecule has 8 rings (SSSR count). The van der Waals surface area contributed by atoms with E-state index in [1.807, 2.05) is 6.07 Å². The van der Waals surface area contributed by atoms with Crippen LogP contribution in [0.25, 0.3) is 37.7 Å². The Morgan fingerprint density at radius 2 is 1.39 bits per heavy atom. The number of aromatic hydroxyl groups is 1. The summed E-state index contributed by atoms with van der Waals surface area (Å²) in [6.45, 7) is 4.49. The summed E-state index contributed by atoms with van der Waals surface area (Å²) in [5, 5.41) is 49.0. The number of thiazole rings is 1. The second-order valence-electron chi connectivity index (χ2n) is 16.3. The fourth-order valence-corrected chi connectivity index (χ4v) is 12.5. The standard InChI is InChI=1S/C44H37ClN10O14S6/c1-22-16-31(51-53-37-24(3)27(21-46)42-47-38-33(55(42)43(37)56)11-10-28(45)41(38)75(66,67)68)34(69-12-6-14-72(57,58)59)19-29(22)49-52-32-17-23(2)30(20-35(32)70-13-7-15-73(60,61)62)50-54-44-48-39-36(74(63,64)65)18-25-8-4-5-9-26(25)40(39)71-44/h4-5,8-11,16-20,56H,6-7,12-15H2,1-3H3,(H,57,58,59)(H,60,61,62)(H,63,64,65)(H,66,67,68). The molecule has 75 heavy (non-hydrogen) atoms. The van der Waals surface area contributed by atoms with Gasteiger partial charge in [-0.1, -0.05) is 47.2 Å². The number of imidazole rings is 1. The maximum absolute atomic E-state index is 12.4. The normalized spacial score (nSPS) is 12.9. The summed E-state index contributed by atoms with van der Waals surface area (Å²) < 4.78 is 142. The minimum absolute atomic E-state index is 0.00260. The third-order valence-electron chi connectivity index (χ3n) is 11.0. The van der Waals surface area contributed by atoms with E-state index in [4.69, 9.17) is 16.3 Å². The van der Waals surface area contributed by atoms with Gasteiger partial charge in [-0.3, -0.25) is 22.6 Å². The number of hydrogen-bond donors (Lipinski definition) is 5. The SMILES string of the molecule is Cc1cc(N=Nc2cc(OCCCS(=O)(=O)O)c(N=Nc3c(C)c(C#N)c4nc5c(S(=O)(=O)O)c(Cl)ccc5n4c3O)cc2C)c(SCCCS(=O)(=O)O)cc1N=Nc1nc2c(S(=O)(=O)O)cc3ccccc3c2s1. The molecule has 31 heteroatoms. The average molecular weight is 1160 g/mol. The number of pyridine rings is 1. The van der Waals surface area contributed by atoms with Gasteiger partial charge in [0, 0.05) is 21.9 Å². The maximum atomic E-state index is 12.4. The molecule has 0 aliphatic heterocycles. The monoisotopic (exact) mass is 1160 g/mol. The van der Waals surface area contributed by atoms with Crippen molar-refractivity contribution < 1.29 is 61.7 Å². The third-order valence-corrected chi connectivity index (χ3v) is 17.0. The zero-order valence-corrected chi connectivity index (χ0v) is 44.5. The molecule has 0 saturated heterocycles. The molecule has 390 valence electrons. The number of rotatable bonds is 18. The Hall–Kier alpha value is -6.63. The molecule has 3 aromatic heterocycles. The maximum Gasteiger partial charge on any atom is 0.298 e. The van der Waals surface area contributed by atoms with Gasteiger partial charge < -0.3 is 9.84 Å². The van der Waals surface area contributed by atoms with Crippen LogP contribution in [0.1, 0.15) is 35.1 Å². The van der Waals surface area contributed by atoms with Gasteiger partial charge in [-0.2, -0.15) is 44.0 Å². The molecule has 0 aliphatic carbocycles. The van der Waals surface area contributed by atoms with Gasteiger partial charge in [0.15, 0.2) is 11.3 Å². The zero-order valence-electron chi connectivity index (χ0n) is 38.8. The van der Waals surface area contributed by atoms with Crippen molar-refractivity contribution in [2.75, 3.05) is 23.9 Å². The van der Waals surface area contributed by atoms with Crippen LogP contribution in [-0.2, 0) is 40.5 Å². The second kappa shape index (κ2) is 21.2. The van der Waals surface area contributed by atoms with E-state index in [0.29, 0.717) is 37.2 Å². The fraction of sp³-hybridized carbons (Fsp3) is 0.205. The first-order valence-electron chi connectivity index (χ1n) is 21.5. The van der Waals surface area contributed by atoms with Crippen molar-refractivity contribution in [3.8, 4) is 17.7 Å². The van der Waals surface area contributed by atoms with Crippen LogP contribution in [0.3, 0.4) is 0 Å². The first kappa shape index (κ1) is 54.6. The number of nitrogens with zero attached hydrogens (tertiary/aromatic N) is 10. The summed E-state index contributed by atoms with van der Waals surface area (Å²) in [7, 11) is -18.3. The van der Waals surface area contributed by atoms with Crippen LogP contribution in [0.4, 0.5) is 33.6 Å². The molecule has 0 aliphatic rings. The van der Waals surface area contributed by atoms with Crippen LogP contribution in [-0.4, -0.2) is 95.2 Å². The van der Waals surface area contributed by atoms with Crippen molar-refractivity contribution in [3.05, 3.63) is 94.0 Å². The summed E-state index contributed by atoms with van der Waals surface area (Å²) in [5.74, 6) is -1.67. The Bertz CT molecular complexity index is 4290. The second-order valence-corrected chi connectivity index (χ2v) is 24.7. The Kier molecular flexibility index (Phi) is 15.4. The van der Waals surface area contributed by atoms with Crippen LogP contribution >= 0.6 is 34.7 Å². The summed E-state index contributed by atoms with van der Waals surface area (Å²) in [6.07, 6.45) is -0.131. The molecular formula is C44H37ClN10O14S6. The highest BCUT2D eigenvalue weighted by Gasteiger charge is 2.27. The fourth-order valence-electron chi connectivity index (χ4n) is 7.55. The quantitative estimate of drug-likeness (QED) is 0.0230. The number of aryl methyl sites for hydroxylation is 2.